The molecule has 8 nitrogen and oxygen atoms in total. The monoisotopic (exact) mass is 262 g/mol. The molecule has 1 heterocycles. The zero-order valence-corrected chi connectivity index (χ0v) is 9.61. The molecule has 1 aromatic heterocycles. The number of hydrogen-bond acceptors (Lipinski definition) is 7. The Bertz CT molecular complexity index is 605. The molecular weight excluding hydrogens is 254 g/mol. The smallest absolute Gasteiger partial charge is 0.269 e. The van der Waals surface area contributed by atoms with Crippen LogP contribution in [0.25, 0.3) is 11.4 Å². The fraction of sp³-hybridized carbons (Fsp3) is 0.182. The van der Waals surface area contributed by atoms with Gasteiger partial charge in [0, 0.05) is 30.1 Å². The van der Waals surface area contributed by atoms with Crippen molar-refractivity contribution in [3.63, 3.8) is 0 Å². The summed E-state index contributed by atoms with van der Waals surface area (Å²) in [6.45, 7) is 0. The van der Waals surface area contributed by atoms with Crippen molar-refractivity contribution in [1.82, 2.24) is 10.1 Å². The minimum Gasteiger partial charge on any atom is -0.550 e. The SMILES string of the molecule is O=C([O-])CCc1nc(-c2ccc([N+](=O)[O-])cc2)no1. The van der Waals surface area contributed by atoms with Crippen molar-refractivity contribution in [2.24, 2.45) is 0 Å². The Morgan fingerprint density at radius 3 is 2.58 bits per heavy atom. The van der Waals surface area contributed by atoms with Crippen molar-refractivity contribution >= 4 is 11.7 Å². The number of aliphatic carboxylic acids is 1. The lowest BCUT2D eigenvalue weighted by molar-refractivity contribution is -0.384. The van der Waals surface area contributed by atoms with Gasteiger partial charge in [-0.1, -0.05) is 5.16 Å². The molecule has 0 amide bonds. The van der Waals surface area contributed by atoms with Crippen molar-refractivity contribution < 1.29 is 19.3 Å². The third kappa shape index (κ3) is 3.12. The third-order valence-electron chi connectivity index (χ3n) is 2.35. The first-order chi connectivity index (χ1) is 9.06. The van der Waals surface area contributed by atoms with Crippen LogP contribution in [0, 0.1) is 10.1 Å². The summed E-state index contributed by atoms with van der Waals surface area (Å²) in [5, 5.41) is 24.5. The topological polar surface area (TPSA) is 122 Å². The van der Waals surface area contributed by atoms with E-state index in [4.69, 9.17) is 4.52 Å². The summed E-state index contributed by atoms with van der Waals surface area (Å²) in [6, 6.07) is 5.64. The molecule has 0 aliphatic rings. The Balaban J connectivity index is 2.13. The molecule has 0 saturated carbocycles. The third-order valence-corrected chi connectivity index (χ3v) is 2.35. The minimum atomic E-state index is -1.20. The first-order valence-electron chi connectivity index (χ1n) is 5.33. The van der Waals surface area contributed by atoms with Gasteiger partial charge in [-0.25, -0.2) is 0 Å². The number of aromatic nitrogens is 2. The molecule has 0 saturated heterocycles. The second-order valence-corrected chi connectivity index (χ2v) is 3.69. The van der Waals surface area contributed by atoms with E-state index < -0.39 is 10.9 Å². The van der Waals surface area contributed by atoms with Crippen LogP contribution in [0.1, 0.15) is 12.3 Å². The minimum absolute atomic E-state index is 0.0376. The number of nitro groups is 1. The summed E-state index contributed by atoms with van der Waals surface area (Å²) in [5.41, 5.74) is 0.512. The molecular formula is C11H8N3O5-. The van der Waals surface area contributed by atoms with Crippen LogP contribution in [0.5, 0.6) is 0 Å². The van der Waals surface area contributed by atoms with Crippen LogP contribution >= 0.6 is 0 Å². The Morgan fingerprint density at radius 1 is 1.32 bits per heavy atom. The van der Waals surface area contributed by atoms with Crippen molar-refractivity contribution in [2.45, 2.75) is 12.8 Å². The number of rotatable bonds is 5. The number of nitro benzene ring substituents is 1. The fourth-order valence-electron chi connectivity index (χ4n) is 1.41. The number of aryl methyl sites for hydroxylation is 1. The van der Waals surface area contributed by atoms with Gasteiger partial charge >= 0.3 is 0 Å². The molecule has 0 bridgehead atoms. The highest BCUT2D eigenvalue weighted by Crippen LogP contribution is 2.20. The van der Waals surface area contributed by atoms with Gasteiger partial charge in [0.1, 0.15) is 0 Å². The molecule has 98 valence electrons. The predicted octanol–water partition coefficient (Wildman–Crippen LogP) is 0.327. The highest BCUT2D eigenvalue weighted by Gasteiger charge is 2.10. The summed E-state index contributed by atoms with van der Waals surface area (Å²) in [6.07, 6.45) is -0.121. The summed E-state index contributed by atoms with van der Waals surface area (Å²) in [4.78, 5) is 24.3. The number of carbonyl (C=O) groups is 1. The van der Waals surface area contributed by atoms with E-state index in [9.17, 15) is 20.0 Å². The standard InChI is InChI=1S/C11H9N3O5/c15-10(16)6-5-9-12-11(13-19-9)7-1-3-8(4-2-7)14(17)18/h1-4H,5-6H2,(H,15,16)/p-1. The summed E-state index contributed by atoms with van der Waals surface area (Å²) in [5.74, 6) is -0.768. The Morgan fingerprint density at radius 2 is 2.00 bits per heavy atom. The summed E-state index contributed by atoms with van der Waals surface area (Å²) < 4.78 is 4.86. The first kappa shape index (κ1) is 12.7. The normalized spacial score (nSPS) is 10.3. The van der Waals surface area contributed by atoms with E-state index >= 15 is 0 Å². The van der Waals surface area contributed by atoms with Gasteiger partial charge in [0.05, 0.1) is 4.92 Å². The van der Waals surface area contributed by atoms with E-state index in [2.05, 4.69) is 10.1 Å². The number of carboxylic acid groups (broad SMARTS) is 1. The number of carbonyl (C=O) groups excluding carboxylic acids is 1. The van der Waals surface area contributed by atoms with Crippen LogP contribution < -0.4 is 5.11 Å². The van der Waals surface area contributed by atoms with Crippen LogP contribution in [0.2, 0.25) is 0 Å². The molecule has 0 N–H and O–H groups in total. The maximum atomic E-state index is 10.5. The molecule has 0 radical (unpaired) electrons. The molecule has 0 unspecified atom stereocenters. The number of nitrogens with zero attached hydrogens (tertiary/aromatic N) is 3. The van der Waals surface area contributed by atoms with Gasteiger partial charge in [0.15, 0.2) is 0 Å². The van der Waals surface area contributed by atoms with Crippen LogP contribution in [0.3, 0.4) is 0 Å². The number of non-ortho nitro benzene ring substituents is 1. The van der Waals surface area contributed by atoms with Crippen molar-refractivity contribution in [3.05, 3.63) is 40.3 Å². The second kappa shape index (κ2) is 5.25. The highest BCUT2D eigenvalue weighted by molar-refractivity contribution is 5.64. The van der Waals surface area contributed by atoms with Gasteiger partial charge < -0.3 is 14.4 Å². The van der Waals surface area contributed by atoms with E-state index in [0.29, 0.717) is 5.56 Å². The van der Waals surface area contributed by atoms with Crippen LogP contribution in [0.4, 0.5) is 5.69 Å². The molecule has 0 spiro atoms. The molecule has 0 atom stereocenters. The molecule has 1 aromatic carbocycles. The molecule has 19 heavy (non-hydrogen) atoms. The van der Waals surface area contributed by atoms with Gasteiger partial charge in [0.25, 0.3) is 5.69 Å². The average molecular weight is 262 g/mol. The highest BCUT2D eigenvalue weighted by atomic mass is 16.6. The van der Waals surface area contributed by atoms with Crippen molar-refractivity contribution in [1.29, 1.82) is 0 Å². The van der Waals surface area contributed by atoms with E-state index in [1.165, 1.54) is 24.3 Å². The zero-order chi connectivity index (χ0) is 13.8. The second-order valence-electron chi connectivity index (χ2n) is 3.69. The lowest BCUT2D eigenvalue weighted by atomic mass is 10.2. The summed E-state index contributed by atoms with van der Waals surface area (Å²) in [7, 11) is 0. The first-order valence-corrected chi connectivity index (χ1v) is 5.33. The molecule has 0 aliphatic heterocycles. The largest absolute Gasteiger partial charge is 0.550 e. The van der Waals surface area contributed by atoms with Gasteiger partial charge in [-0.15, -0.1) is 0 Å². The van der Waals surface area contributed by atoms with Crippen molar-refractivity contribution in [2.75, 3.05) is 0 Å². The maximum Gasteiger partial charge on any atom is 0.269 e. The van der Waals surface area contributed by atoms with Crippen LogP contribution in [0.15, 0.2) is 28.8 Å². The number of benzene rings is 1. The van der Waals surface area contributed by atoms with E-state index in [-0.39, 0.29) is 30.2 Å². The lowest BCUT2D eigenvalue weighted by Gasteiger charge is -1.96. The molecule has 2 rings (SSSR count). The average Bonchev–Trinajstić information content (AvgIpc) is 2.85. The summed E-state index contributed by atoms with van der Waals surface area (Å²) >= 11 is 0. The molecule has 2 aromatic rings. The Kier molecular flexibility index (Phi) is 3.51. The molecule has 0 aliphatic carbocycles. The predicted molar refractivity (Wildman–Crippen MR) is 59.7 cm³/mol. The van der Waals surface area contributed by atoms with Gasteiger partial charge in [-0.05, 0) is 18.6 Å². The van der Waals surface area contributed by atoms with Gasteiger partial charge in [0.2, 0.25) is 11.7 Å². The molecule has 0 fully saturated rings. The zero-order valence-electron chi connectivity index (χ0n) is 9.61. The fourth-order valence-corrected chi connectivity index (χ4v) is 1.41. The quantitative estimate of drug-likeness (QED) is 0.561. The maximum absolute atomic E-state index is 10.5. The number of hydrogen-bond donors (Lipinski definition) is 0. The molecule has 8 heteroatoms. The van der Waals surface area contributed by atoms with Gasteiger partial charge in [-0.3, -0.25) is 10.1 Å². The Hall–Kier alpha value is -2.77. The van der Waals surface area contributed by atoms with E-state index in [0.717, 1.165) is 0 Å². The number of carboxylic acids is 1. The van der Waals surface area contributed by atoms with E-state index in [1.54, 1.807) is 0 Å². The lowest BCUT2D eigenvalue weighted by Crippen LogP contribution is -2.22. The van der Waals surface area contributed by atoms with Crippen molar-refractivity contribution in [3.8, 4) is 11.4 Å². The van der Waals surface area contributed by atoms with E-state index in [1.807, 2.05) is 0 Å². The van der Waals surface area contributed by atoms with Crippen LogP contribution in [-0.4, -0.2) is 21.0 Å². The van der Waals surface area contributed by atoms with Gasteiger partial charge in [-0.2, -0.15) is 4.98 Å². The Labute approximate surface area is 106 Å². The van der Waals surface area contributed by atoms with Crippen LogP contribution in [-0.2, 0) is 11.2 Å².